The maximum atomic E-state index is 13.2. The van der Waals surface area contributed by atoms with Crippen molar-refractivity contribution in [1.82, 2.24) is 0 Å². The third-order valence-corrected chi connectivity index (χ3v) is 6.49. The van der Waals surface area contributed by atoms with E-state index in [1.807, 2.05) is 0 Å². The van der Waals surface area contributed by atoms with Crippen molar-refractivity contribution in [3.8, 4) is 0 Å². The van der Waals surface area contributed by atoms with Crippen LogP contribution in [0.3, 0.4) is 0 Å². The molecule has 6 nitrogen and oxygen atoms in total. The molecule has 2 unspecified atom stereocenters. The van der Waals surface area contributed by atoms with Gasteiger partial charge in [0.05, 0.1) is 6.61 Å². The lowest BCUT2D eigenvalue weighted by Gasteiger charge is -2.61. The van der Waals surface area contributed by atoms with Crippen LogP contribution in [0.1, 0.15) is 38.5 Å². The van der Waals surface area contributed by atoms with E-state index in [0.29, 0.717) is 31.1 Å². The van der Waals surface area contributed by atoms with Crippen LogP contribution in [0.5, 0.6) is 0 Å². The van der Waals surface area contributed by atoms with Gasteiger partial charge in [-0.15, -0.1) is 0 Å². The number of carbonyl (C=O) groups excluding carboxylic acids is 1. The molecule has 0 radical (unpaired) electrons. The van der Waals surface area contributed by atoms with E-state index in [1.165, 1.54) is 0 Å². The summed E-state index contributed by atoms with van der Waals surface area (Å²) in [6.07, 6.45) is 4.82. The summed E-state index contributed by atoms with van der Waals surface area (Å²) in [5.74, 6) is -1.57. The van der Waals surface area contributed by atoms with Gasteiger partial charge < -0.3 is 14.4 Å². The molecule has 0 aromatic heterocycles. The molecule has 4 aliphatic rings. The molecule has 0 aliphatic heterocycles. The zero-order chi connectivity index (χ0) is 17.1. The van der Waals surface area contributed by atoms with Gasteiger partial charge >= 0.3 is 11.2 Å². The van der Waals surface area contributed by atoms with Crippen LogP contribution < -0.4 is 0 Å². The van der Waals surface area contributed by atoms with Crippen LogP contribution in [0, 0.1) is 22.7 Å². The highest BCUT2D eigenvalue weighted by atomic mass is 32.2. The van der Waals surface area contributed by atoms with Crippen molar-refractivity contribution in [3.63, 3.8) is 0 Å². The maximum absolute atomic E-state index is 13.2. The number of carbonyl (C=O) groups is 1. The Hall–Kier alpha value is -0.800. The van der Waals surface area contributed by atoms with Gasteiger partial charge in [0.2, 0.25) is 0 Å². The Morgan fingerprint density at radius 3 is 2.22 bits per heavy atom. The van der Waals surface area contributed by atoms with E-state index in [0.717, 1.165) is 19.3 Å². The molecule has 0 heterocycles. The van der Waals surface area contributed by atoms with Gasteiger partial charge in [-0.05, 0) is 55.8 Å². The first-order chi connectivity index (χ1) is 10.5. The molecule has 4 aliphatic carbocycles. The van der Waals surface area contributed by atoms with Crippen LogP contribution in [0.15, 0.2) is 0 Å². The molecule has 1 N–H and O–H groups in total. The van der Waals surface area contributed by atoms with Crippen LogP contribution in [0.2, 0.25) is 0 Å². The normalized spacial score (nSPS) is 39.5. The molecule has 23 heavy (non-hydrogen) atoms. The van der Waals surface area contributed by atoms with E-state index in [4.69, 9.17) is 0 Å². The van der Waals surface area contributed by atoms with E-state index >= 15 is 0 Å². The van der Waals surface area contributed by atoms with Crippen molar-refractivity contribution in [1.29, 1.82) is 0 Å². The highest BCUT2D eigenvalue weighted by Gasteiger charge is 2.58. The van der Waals surface area contributed by atoms with Gasteiger partial charge in [0.1, 0.15) is 0 Å². The number of aliphatic hydroxyl groups is 1. The fourth-order valence-electron chi connectivity index (χ4n) is 5.41. The predicted molar refractivity (Wildman–Crippen MR) is 72.2 cm³/mol. The fourth-order valence-corrected chi connectivity index (χ4v) is 5.67. The molecule has 4 fully saturated rings. The minimum absolute atomic E-state index is 0.0147. The zero-order valence-corrected chi connectivity index (χ0v) is 13.3. The summed E-state index contributed by atoms with van der Waals surface area (Å²) < 4.78 is 62.4. The molecule has 4 bridgehead atoms. The van der Waals surface area contributed by atoms with Gasteiger partial charge in [0, 0.05) is 12.0 Å². The summed E-state index contributed by atoms with van der Waals surface area (Å²) in [6.45, 7) is -0.313. The molecule has 4 saturated carbocycles. The molecule has 2 atom stereocenters. The first kappa shape index (κ1) is 17.0. The van der Waals surface area contributed by atoms with E-state index < -0.39 is 26.8 Å². The number of esters is 1. The Kier molecular flexibility index (Phi) is 3.77. The lowest BCUT2D eigenvalue weighted by atomic mass is 9.44. The molecular formula is C14H19F2O6S-. The fraction of sp³-hybridized carbons (Fsp3) is 0.929. The molecule has 132 valence electrons. The number of rotatable bonds is 5. The van der Waals surface area contributed by atoms with Gasteiger partial charge in [-0.2, -0.15) is 8.78 Å². The third kappa shape index (κ3) is 2.76. The van der Waals surface area contributed by atoms with Crippen LogP contribution in [0.25, 0.3) is 0 Å². The lowest BCUT2D eigenvalue weighted by Crippen LogP contribution is -2.55. The summed E-state index contributed by atoms with van der Waals surface area (Å²) in [5, 5.41) is 4.65. The van der Waals surface area contributed by atoms with Crippen LogP contribution in [-0.2, 0) is 19.6 Å². The Labute approximate surface area is 132 Å². The Balaban J connectivity index is 1.72. The first-order valence-corrected chi connectivity index (χ1v) is 9.03. The van der Waals surface area contributed by atoms with E-state index in [9.17, 15) is 31.7 Å². The summed E-state index contributed by atoms with van der Waals surface area (Å²) >= 11 is 0. The van der Waals surface area contributed by atoms with Crippen molar-refractivity contribution in [3.05, 3.63) is 0 Å². The van der Waals surface area contributed by atoms with Gasteiger partial charge in [-0.1, -0.05) is 0 Å². The second-order valence-electron chi connectivity index (χ2n) is 7.67. The van der Waals surface area contributed by atoms with Crippen LogP contribution in [0.4, 0.5) is 8.78 Å². The number of aliphatic hydroxyl groups excluding tert-OH is 1. The summed E-state index contributed by atoms with van der Waals surface area (Å²) in [5.41, 5.74) is -0.741. The minimum atomic E-state index is -6.09. The summed E-state index contributed by atoms with van der Waals surface area (Å²) in [7, 11) is -6.09. The molecular weight excluding hydrogens is 334 g/mol. The standard InChI is InChI=1S/C14H20F2O6S/c15-14(16,23(19,20)21)11(18)22-8-13-4-9-1-10(5-13)3-12(2-9,6-13)7-17/h9-10,17H,1-8H2,(H,19,20,21)/p-1. The van der Waals surface area contributed by atoms with Crippen molar-refractivity contribution in [2.24, 2.45) is 22.7 Å². The average Bonchev–Trinajstić information content (AvgIpc) is 2.42. The highest BCUT2D eigenvalue weighted by molar-refractivity contribution is 7.87. The zero-order valence-electron chi connectivity index (χ0n) is 12.5. The predicted octanol–water partition coefficient (Wildman–Crippen LogP) is 1.25. The number of hydrogen-bond donors (Lipinski definition) is 1. The van der Waals surface area contributed by atoms with E-state index in [2.05, 4.69) is 4.74 Å². The monoisotopic (exact) mass is 353 g/mol. The second kappa shape index (κ2) is 5.10. The molecule has 0 amide bonds. The third-order valence-electron chi connectivity index (χ3n) is 5.70. The van der Waals surface area contributed by atoms with Crippen molar-refractivity contribution in [2.45, 2.75) is 43.8 Å². The average molecular weight is 353 g/mol. The van der Waals surface area contributed by atoms with Crippen LogP contribution >= 0.6 is 0 Å². The SMILES string of the molecule is O=C(OCC12CC3CC(CC(CO)(C3)C1)C2)C(F)(F)S(=O)(=O)[O-]. The number of halogens is 2. The minimum Gasteiger partial charge on any atom is -0.743 e. The van der Waals surface area contributed by atoms with E-state index in [-0.39, 0.29) is 18.6 Å². The number of alkyl halides is 2. The second-order valence-corrected chi connectivity index (χ2v) is 9.09. The largest absolute Gasteiger partial charge is 0.743 e. The Morgan fingerprint density at radius 2 is 1.74 bits per heavy atom. The van der Waals surface area contributed by atoms with Gasteiger partial charge in [0.25, 0.3) is 0 Å². The van der Waals surface area contributed by atoms with E-state index in [1.54, 1.807) is 0 Å². The maximum Gasteiger partial charge on any atom is 0.428 e. The molecule has 0 aromatic carbocycles. The topological polar surface area (TPSA) is 104 Å². The molecule has 4 rings (SSSR count). The van der Waals surface area contributed by atoms with Crippen molar-refractivity contribution < 1.29 is 36.4 Å². The highest BCUT2D eigenvalue weighted by Crippen LogP contribution is 2.65. The van der Waals surface area contributed by atoms with Crippen molar-refractivity contribution in [2.75, 3.05) is 13.2 Å². The molecule has 0 saturated heterocycles. The Morgan fingerprint density at radius 1 is 1.22 bits per heavy atom. The number of hydrogen-bond acceptors (Lipinski definition) is 6. The molecule has 9 heteroatoms. The summed E-state index contributed by atoms with van der Waals surface area (Å²) in [4.78, 5) is 11.4. The smallest absolute Gasteiger partial charge is 0.428 e. The molecule has 0 spiro atoms. The van der Waals surface area contributed by atoms with Crippen LogP contribution in [-0.4, -0.2) is 42.5 Å². The Bertz CT molecular complexity index is 603. The number of ether oxygens (including phenoxy) is 1. The van der Waals surface area contributed by atoms with Gasteiger partial charge in [-0.3, -0.25) is 0 Å². The van der Waals surface area contributed by atoms with Gasteiger partial charge in [0.15, 0.2) is 10.1 Å². The van der Waals surface area contributed by atoms with Crippen molar-refractivity contribution >= 4 is 16.1 Å². The lowest BCUT2D eigenvalue weighted by molar-refractivity contribution is -0.181. The molecule has 0 aromatic rings. The quantitative estimate of drug-likeness (QED) is 0.589. The first-order valence-electron chi connectivity index (χ1n) is 7.62. The summed E-state index contributed by atoms with van der Waals surface area (Å²) in [6, 6.07) is 0. The van der Waals surface area contributed by atoms with Gasteiger partial charge in [-0.25, -0.2) is 13.2 Å².